The van der Waals surface area contributed by atoms with Crippen molar-refractivity contribution in [1.82, 2.24) is 0 Å². The molecule has 0 unspecified atom stereocenters. The molecule has 0 saturated carbocycles. The Morgan fingerprint density at radius 3 is 2.04 bits per heavy atom. The molecule has 5 rings (SSSR count). The summed E-state index contributed by atoms with van der Waals surface area (Å²) in [5.41, 5.74) is 2.46. The first-order valence-electron chi connectivity index (χ1n) is 8.64. The number of hydrogen-bond acceptors (Lipinski definition) is 1. The van der Waals surface area contributed by atoms with Crippen LogP contribution >= 0.6 is 0 Å². The summed E-state index contributed by atoms with van der Waals surface area (Å²) in [6.07, 6.45) is 0. The third-order valence-electron chi connectivity index (χ3n) is 5.00. The summed E-state index contributed by atoms with van der Waals surface area (Å²) in [4.78, 5) is 0. The minimum absolute atomic E-state index is 0.588. The van der Waals surface area contributed by atoms with Gasteiger partial charge in [0.15, 0.2) is 0 Å². The van der Waals surface area contributed by atoms with Crippen LogP contribution in [0.3, 0.4) is 0 Å². The van der Waals surface area contributed by atoms with E-state index in [-0.39, 0.29) is 0 Å². The van der Waals surface area contributed by atoms with Gasteiger partial charge in [-0.3, -0.25) is 0 Å². The van der Waals surface area contributed by atoms with Crippen LogP contribution in [0.25, 0.3) is 32.3 Å². The van der Waals surface area contributed by atoms with Crippen LogP contribution in [0.2, 0.25) is 0 Å². The van der Waals surface area contributed by atoms with Gasteiger partial charge < -0.3 is 4.74 Å². The van der Waals surface area contributed by atoms with E-state index < -0.39 is 0 Å². The topological polar surface area (TPSA) is 9.23 Å². The first-order valence-corrected chi connectivity index (χ1v) is 8.64. The average Bonchev–Trinajstić information content (AvgIpc) is 2.66. The molecule has 5 aromatic rings. The van der Waals surface area contributed by atoms with E-state index in [0.29, 0.717) is 6.61 Å². The van der Waals surface area contributed by atoms with E-state index in [4.69, 9.17) is 4.74 Å². The lowest BCUT2D eigenvalue weighted by molar-refractivity contribution is 0.310. The molecular formula is C24H18O. The number of ether oxygens (including phenoxy) is 1. The third-order valence-corrected chi connectivity index (χ3v) is 5.00. The molecule has 0 aliphatic heterocycles. The van der Waals surface area contributed by atoms with Crippen LogP contribution < -0.4 is 4.74 Å². The Hall–Kier alpha value is -3.06. The van der Waals surface area contributed by atoms with Crippen molar-refractivity contribution in [2.24, 2.45) is 0 Å². The lowest BCUT2D eigenvalue weighted by Gasteiger charge is -2.14. The van der Waals surface area contributed by atoms with E-state index in [0.717, 1.165) is 5.75 Å². The van der Waals surface area contributed by atoms with Crippen molar-refractivity contribution in [2.75, 3.05) is 0 Å². The van der Waals surface area contributed by atoms with Gasteiger partial charge in [-0.15, -0.1) is 0 Å². The van der Waals surface area contributed by atoms with E-state index in [1.54, 1.807) is 0 Å². The van der Waals surface area contributed by atoms with Gasteiger partial charge in [0.2, 0.25) is 0 Å². The molecule has 0 saturated heterocycles. The van der Waals surface area contributed by atoms with Gasteiger partial charge in [0.1, 0.15) is 12.4 Å². The maximum absolute atomic E-state index is 6.19. The average molecular weight is 322 g/mol. The number of hydrogen-bond donors (Lipinski definition) is 0. The summed E-state index contributed by atoms with van der Waals surface area (Å²) in [5.74, 6) is 0.950. The SMILES string of the molecule is Cc1ccc(COc2ccc3ccc4cccc5ccc2c3c45)cc1. The fraction of sp³-hybridized carbons (Fsp3) is 0.0833. The molecule has 1 nitrogen and oxygen atoms in total. The first kappa shape index (κ1) is 14.3. The normalized spacial score (nSPS) is 11.6. The molecule has 0 spiro atoms. The van der Waals surface area contributed by atoms with Crippen molar-refractivity contribution in [2.45, 2.75) is 13.5 Å². The van der Waals surface area contributed by atoms with E-state index in [1.807, 2.05) is 0 Å². The van der Waals surface area contributed by atoms with E-state index in [9.17, 15) is 0 Å². The Morgan fingerprint density at radius 1 is 0.640 bits per heavy atom. The van der Waals surface area contributed by atoms with Crippen LogP contribution in [0.5, 0.6) is 5.75 Å². The molecule has 25 heavy (non-hydrogen) atoms. The summed E-state index contributed by atoms with van der Waals surface area (Å²) < 4.78 is 6.19. The van der Waals surface area contributed by atoms with Crippen molar-refractivity contribution < 1.29 is 4.74 Å². The molecule has 0 heterocycles. The van der Waals surface area contributed by atoms with Gasteiger partial charge >= 0.3 is 0 Å². The molecule has 0 bridgehead atoms. The molecule has 5 aromatic carbocycles. The van der Waals surface area contributed by atoms with Crippen molar-refractivity contribution in [3.05, 3.63) is 90.0 Å². The van der Waals surface area contributed by atoms with Gasteiger partial charge in [-0.05, 0) is 46.2 Å². The molecular weight excluding hydrogens is 304 g/mol. The minimum atomic E-state index is 0.588. The lowest BCUT2D eigenvalue weighted by Crippen LogP contribution is -1.96. The second-order valence-electron chi connectivity index (χ2n) is 6.69. The monoisotopic (exact) mass is 322 g/mol. The number of benzene rings is 5. The highest BCUT2D eigenvalue weighted by Crippen LogP contribution is 2.38. The van der Waals surface area contributed by atoms with Gasteiger partial charge in [0.05, 0.1) is 0 Å². The Morgan fingerprint density at radius 2 is 1.28 bits per heavy atom. The summed E-state index contributed by atoms with van der Waals surface area (Å²) in [7, 11) is 0. The van der Waals surface area contributed by atoms with Crippen LogP contribution in [-0.4, -0.2) is 0 Å². The standard InChI is InChI=1S/C24H18O/c1-16-5-7-17(8-6-16)15-25-22-14-12-20-10-9-18-3-2-4-19-11-13-21(22)24(20)23(18)19/h2-14H,15H2,1H3. The minimum Gasteiger partial charge on any atom is -0.488 e. The largest absolute Gasteiger partial charge is 0.488 e. The van der Waals surface area contributed by atoms with Crippen LogP contribution in [0.4, 0.5) is 0 Å². The quantitative estimate of drug-likeness (QED) is 0.346. The van der Waals surface area contributed by atoms with Crippen molar-refractivity contribution in [3.63, 3.8) is 0 Å². The van der Waals surface area contributed by atoms with E-state index in [2.05, 4.69) is 85.8 Å². The molecule has 0 aliphatic carbocycles. The van der Waals surface area contributed by atoms with Crippen molar-refractivity contribution in [3.8, 4) is 5.75 Å². The Bertz CT molecular complexity index is 1170. The molecule has 0 aromatic heterocycles. The van der Waals surface area contributed by atoms with Gasteiger partial charge in [-0.1, -0.05) is 72.3 Å². The summed E-state index contributed by atoms with van der Waals surface area (Å²) >= 11 is 0. The van der Waals surface area contributed by atoms with Gasteiger partial charge in [-0.25, -0.2) is 0 Å². The Labute approximate surface area is 146 Å². The Kier molecular flexibility index (Phi) is 3.14. The predicted molar refractivity (Wildman–Crippen MR) is 106 cm³/mol. The van der Waals surface area contributed by atoms with Crippen LogP contribution in [0.15, 0.2) is 78.9 Å². The zero-order valence-electron chi connectivity index (χ0n) is 14.1. The van der Waals surface area contributed by atoms with Crippen LogP contribution in [-0.2, 0) is 6.61 Å². The van der Waals surface area contributed by atoms with E-state index >= 15 is 0 Å². The molecule has 0 radical (unpaired) electrons. The lowest BCUT2D eigenvalue weighted by atomic mass is 9.94. The zero-order valence-corrected chi connectivity index (χ0v) is 14.1. The zero-order chi connectivity index (χ0) is 16.8. The molecule has 0 amide bonds. The van der Waals surface area contributed by atoms with Crippen molar-refractivity contribution in [1.29, 1.82) is 0 Å². The molecule has 0 N–H and O–H groups in total. The third kappa shape index (κ3) is 2.32. The summed E-state index contributed by atoms with van der Waals surface area (Å²) in [6.45, 7) is 2.69. The van der Waals surface area contributed by atoms with Gasteiger partial charge in [0, 0.05) is 10.8 Å². The van der Waals surface area contributed by atoms with Gasteiger partial charge in [0.25, 0.3) is 0 Å². The van der Waals surface area contributed by atoms with Crippen LogP contribution in [0.1, 0.15) is 11.1 Å². The molecule has 0 atom stereocenters. The predicted octanol–water partition coefficient (Wildman–Crippen LogP) is 6.47. The molecule has 1 heteroatoms. The Balaban J connectivity index is 1.64. The van der Waals surface area contributed by atoms with E-state index in [1.165, 1.54) is 43.4 Å². The highest BCUT2D eigenvalue weighted by atomic mass is 16.5. The molecule has 0 aliphatic rings. The first-order chi connectivity index (χ1) is 12.3. The fourth-order valence-corrected chi connectivity index (χ4v) is 3.68. The van der Waals surface area contributed by atoms with Crippen LogP contribution in [0, 0.1) is 6.92 Å². The summed E-state index contributed by atoms with van der Waals surface area (Å²) in [5, 5.41) is 7.66. The number of aryl methyl sites for hydroxylation is 1. The second-order valence-corrected chi connectivity index (χ2v) is 6.69. The smallest absolute Gasteiger partial charge is 0.127 e. The maximum atomic E-state index is 6.19. The highest BCUT2D eigenvalue weighted by molar-refractivity contribution is 6.24. The van der Waals surface area contributed by atoms with Gasteiger partial charge in [-0.2, -0.15) is 0 Å². The molecule has 0 fully saturated rings. The highest BCUT2D eigenvalue weighted by Gasteiger charge is 2.11. The second kappa shape index (κ2) is 5.49. The van der Waals surface area contributed by atoms with Crippen molar-refractivity contribution >= 4 is 32.3 Å². The maximum Gasteiger partial charge on any atom is 0.127 e. The summed E-state index contributed by atoms with van der Waals surface area (Å²) in [6, 6.07) is 28.1. The fourth-order valence-electron chi connectivity index (χ4n) is 3.68. The number of rotatable bonds is 3. The molecule has 120 valence electrons.